The van der Waals surface area contributed by atoms with Crippen LogP contribution in [0.15, 0.2) is 133 Å². The van der Waals surface area contributed by atoms with E-state index in [9.17, 15) is 14.7 Å². The van der Waals surface area contributed by atoms with E-state index in [0.717, 1.165) is 33.4 Å². The predicted molar refractivity (Wildman–Crippen MR) is 169 cm³/mol. The van der Waals surface area contributed by atoms with Gasteiger partial charge in [0.25, 0.3) is 5.91 Å². The van der Waals surface area contributed by atoms with E-state index in [2.05, 4.69) is 26.0 Å². The van der Waals surface area contributed by atoms with E-state index < -0.39 is 12.0 Å². The number of hydrogen-bond donors (Lipinski definition) is 1. The van der Waals surface area contributed by atoms with Crippen molar-refractivity contribution >= 4 is 11.9 Å². The Balaban J connectivity index is 1.44. The third-order valence-corrected chi connectivity index (χ3v) is 7.65. The maximum absolute atomic E-state index is 14.0. The molecule has 0 aromatic heterocycles. The minimum atomic E-state index is -1.04. The average Bonchev–Trinajstić information content (AvgIpc) is 3.03. The Morgan fingerprint density at radius 3 is 1.52 bits per heavy atom. The number of carbonyl (C=O) groups is 2. The lowest BCUT2D eigenvalue weighted by Gasteiger charge is -2.30. The number of nitrogens with zero attached hydrogens (tertiary/aromatic N) is 1. The van der Waals surface area contributed by atoms with Crippen LogP contribution in [0.25, 0.3) is 22.3 Å². The Hall–Kier alpha value is -4.96. The fourth-order valence-electron chi connectivity index (χ4n) is 5.15. The number of carbonyl (C=O) groups excluding carboxylic acids is 1. The number of amides is 1. The van der Waals surface area contributed by atoms with E-state index in [1.54, 1.807) is 12.1 Å². The van der Waals surface area contributed by atoms with Crippen LogP contribution in [0.4, 0.5) is 0 Å². The summed E-state index contributed by atoms with van der Waals surface area (Å²) in [5, 5.41) is 10.4. The SMILES string of the molecule is CC(C)c1ccc(CN(C(=O)c2ccc(-c3ccccc3)cc2)C(Cc2ccc(-c3ccccc3)cc2)C(=O)O)cc1. The summed E-state index contributed by atoms with van der Waals surface area (Å²) >= 11 is 0. The third kappa shape index (κ3) is 6.84. The number of rotatable bonds is 10. The van der Waals surface area contributed by atoms with Gasteiger partial charge in [0.1, 0.15) is 6.04 Å². The van der Waals surface area contributed by atoms with Crippen LogP contribution in [0.5, 0.6) is 0 Å². The van der Waals surface area contributed by atoms with Crippen molar-refractivity contribution in [2.45, 2.75) is 38.8 Å². The first-order valence-corrected chi connectivity index (χ1v) is 14.3. The van der Waals surface area contributed by atoms with Crippen LogP contribution < -0.4 is 0 Å². The zero-order valence-electron chi connectivity index (χ0n) is 24.0. The highest BCUT2D eigenvalue weighted by atomic mass is 16.4. The number of carboxylic acid groups (broad SMARTS) is 1. The molecule has 0 fully saturated rings. The summed E-state index contributed by atoms with van der Waals surface area (Å²) < 4.78 is 0. The molecular weight excluding hydrogens is 518 g/mol. The Morgan fingerprint density at radius 2 is 1.05 bits per heavy atom. The summed E-state index contributed by atoms with van der Waals surface area (Å²) in [7, 11) is 0. The highest BCUT2D eigenvalue weighted by Crippen LogP contribution is 2.24. The molecular formula is C38H35NO3. The van der Waals surface area contributed by atoms with E-state index in [1.165, 1.54) is 10.5 Å². The Labute approximate surface area is 247 Å². The second kappa shape index (κ2) is 13.1. The molecule has 5 aromatic carbocycles. The fraction of sp³-hybridized carbons (Fsp3) is 0.158. The maximum atomic E-state index is 14.0. The predicted octanol–water partition coefficient (Wildman–Crippen LogP) is 8.48. The lowest BCUT2D eigenvalue weighted by molar-refractivity contribution is -0.142. The normalized spacial score (nSPS) is 11.7. The van der Waals surface area contributed by atoms with Crippen molar-refractivity contribution in [3.05, 3.63) is 156 Å². The molecule has 5 rings (SSSR count). The van der Waals surface area contributed by atoms with Gasteiger partial charge in [-0.3, -0.25) is 4.79 Å². The summed E-state index contributed by atoms with van der Waals surface area (Å²) in [5.74, 6) is -0.961. The highest BCUT2D eigenvalue weighted by molar-refractivity contribution is 5.97. The number of carboxylic acids is 1. The molecule has 0 radical (unpaired) electrons. The summed E-state index contributed by atoms with van der Waals surface area (Å²) in [4.78, 5) is 28.3. The molecule has 0 spiro atoms. The maximum Gasteiger partial charge on any atom is 0.326 e. The first kappa shape index (κ1) is 28.6. The monoisotopic (exact) mass is 553 g/mol. The number of hydrogen-bond acceptors (Lipinski definition) is 2. The number of benzene rings is 5. The second-order valence-corrected chi connectivity index (χ2v) is 10.9. The van der Waals surface area contributed by atoms with Crippen LogP contribution in [0.1, 0.15) is 46.8 Å². The topological polar surface area (TPSA) is 57.6 Å². The minimum absolute atomic E-state index is 0.191. The Morgan fingerprint density at radius 1 is 0.595 bits per heavy atom. The smallest absolute Gasteiger partial charge is 0.326 e. The van der Waals surface area contributed by atoms with Gasteiger partial charge in [0.05, 0.1) is 0 Å². The van der Waals surface area contributed by atoms with Gasteiger partial charge in [-0.2, -0.15) is 0 Å². The van der Waals surface area contributed by atoms with E-state index in [1.807, 2.05) is 109 Å². The standard InChI is InChI=1S/C38H35NO3/c1-27(2)30-17-15-29(16-18-30)26-39(37(40)35-23-21-34(22-24-35)32-11-7-4-8-12-32)36(38(41)42)25-28-13-19-33(20-14-28)31-9-5-3-6-10-31/h3-24,27,36H,25-26H2,1-2H3,(H,41,42). The number of aliphatic carboxylic acids is 1. The molecule has 0 saturated heterocycles. The molecule has 4 heteroatoms. The molecule has 1 amide bonds. The van der Waals surface area contributed by atoms with Gasteiger partial charge in [-0.25, -0.2) is 4.79 Å². The molecule has 0 aliphatic heterocycles. The molecule has 1 unspecified atom stereocenters. The van der Waals surface area contributed by atoms with Crippen molar-refractivity contribution in [2.24, 2.45) is 0 Å². The third-order valence-electron chi connectivity index (χ3n) is 7.65. The van der Waals surface area contributed by atoms with Crippen molar-refractivity contribution < 1.29 is 14.7 Å². The van der Waals surface area contributed by atoms with Crippen molar-refractivity contribution in [3.63, 3.8) is 0 Å². The Bertz CT molecular complexity index is 1610. The minimum Gasteiger partial charge on any atom is -0.480 e. The molecule has 0 aliphatic rings. The molecule has 1 N–H and O–H groups in total. The van der Waals surface area contributed by atoms with E-state index in [4.69, 9.17) is 0 Å². The van der Waals surface area contributed by atoms with Crippen LogP contribution in [-0.2, 0) is 17.8 Å². The van der Waals surface area contributed by atoms with Crippen LogP contribution in [0, 0.1) is 0 Å². The van der Waals surface area contributed by atoms with Gasteiger partial charge in [0.2, 0.25) is 0 Å². The van der Waals surface area contributed by atoms with Gasteiger partial charge < -0.3 is 10.0 Å². The summed E-state index contributed by atoms with van der Waals surface area (Å²) in [6.45, 7) is 4.46. The fourth-order valence-corrected chi connectivity index (χ4v) is 5.15. The zero-order valence-corrected chi connectivity index (χ0v) is 24.0. The van der Waals surface area contributed by atoms with Crippen LogP contribution in [-0.4, -0.2) is 27.9 Å². The molecule has 0 saturated carbocycles. The largest absolute Gasteiger partial charge is 0.480 e. The second-order valence-electron chi connectivity index (χ2n) is 10.9. The van der Waals surface area contributed by atoms with E-state index in [0.29, 0.717) is 11.5 Å². The van der Waals surface area contributed by atoms with E-state index in [-0.39, 0.29) is 18.9 Å². The van der Waals surface area contributed by atoms with Crippen molar-refractivity contribution in [2.75, 3.05) is 0 Å². The van der Waals surface area contributed by atoms with Crippen molar-refractivity contribution in [1.29, 1.82) is 0 Å². The molecule has 42 heavy (non-hydrogen) atoms. The van der Waals surface area contributed by atoms with Crippen molar-refractivity contribution in [1.82, 2.24) is 4.90 Å². The van der Waals surface area contributed by atoms with E-state index >= 15 is 0 Å². The molecule has 1 atom stereocenters. The molecule has 0 heterocycles. The first-order chi connectivity index (χ1) is 20.4. The van der Waals surface area contributed by atoms with Gasteiger partial charge >= 0.3 is 5.97 Å². The molecule has 5 aromatic rings. The van der Waals surface area contributed by atoms with Gasteiger partial charge in [-0.15, -0.1) is 0 Å². The molecule has 0 bridgehead atoms. The summed E-state index contributed by atoms with van der Waals surface area (Å²) in [6.07, 6.45) is 0.197. The van der Waals surface area contributed by atoms with Crippen LogP contribution >= 0.6 is 0 Å². The van der Waals surface area contributed by atoms with Gasteiger partial charge in [0, 0.05) is 18.5 Å². The quantitative estimate of drug-likeness (QED) is 0.189. The Kier molecular flexibility index (Phi) is 8.93. The van der Waals surface area contributed by atoms with Crippen molar-refractivity contribution in [3.8, 4) is 22.3 Å². The average molecular weight is 554 g/mol. The summed E-state index contributed by atoms with van der Waals surface area (Å²) in [6, 6.07) is 42.4. The van der Waals surface area contributed by atoms with Crippen LogP contribution in [0.3, 0.4) is 0 Å². The lowest BCUT2D eigenvalue weighted by atomic mass is 9.98. The zero-order chi connectivity index (χ0) is 29.5. The molecule has 4 nitrogen and oxygen atoms in total. The lowest BCUT2D eigenvalue weighted by Crippen LogP contribution is -2.46. The highest BCUT2D eigenvalue weighted by Gasteiger charge is 2.31. The summed E-state index contributed by atoms with van der Waals surface area (Å²) in [5.41, 5.74) is 7.61. The first-order valence-electron chi connectivity index (χ1n) is 14.3. The van der Waals surface area contributed by atoms with Gasteiger partial charge in [0.15, 0.2) is 0 Å². The molecule has 0 aliphatic carbocycles. The van der Waals surface area contributed by atoms with Crippen LogP contribution in [0.2, 0.25) is 0 Å². The van der Waals surface area contributed by atoms with Gasteiger partial charge in [-0.05, 0) is 57.0 Å². The molecule has 210 valence electrons. The van der Waals surface area contributed by atoms with Gasteiger partial charge in [-0.1, -0.05) is 135 Å².